The predicted octanol–water partition coefficient (Wildman–Crippen LogP) is 2.98. The van der Waals surface area contributed by atoms with Gasteiger partial charge in [0.25, 0.3) is 0 Å². The van der Waals surface area contributed by atoms with Gasteiger partial charge in [0.15, 0.2) is 0 Å². The van der Waals surface area contributed by atoms with Crippen LogP contribution in [0.25, 0.3) is 11.4 Å². The van der Waals surface area contributed by atoms with Crippen molar-refractivity contribution in [3.63, 3.8) is 0 Å². The van der Waals surface area contributed by atoms with Crippen molar-refractivity contribution in [3.8, 4) is 11.4 Å². The van der Waals surface area contributed by atoms with Crippen LogP contribution in [-0.4, -0.2) is 34.2 Å². The van der Waals surface area contributed by atoms with Gasteiger partial charge in [-0.1, -0.05) is 28.9 Å². The molecular formula is C15H20Cl2N4O. The maximum atomic E-state index is 5.98. The third-order valence-electron chi connectivity index (χ3n) is 4.01. The third-order valence-corrected chi connectivity index (χ3v) is 4.25. The number of halogens is 2. The zero-order chi connectivity index (χ0) is 14.8. The highest BCUT2D eigenvalue weighted by atomic mass is 35.5. The van der Waals surface area contributed by atoms with Crippen molar-refractivity contribution in [1.82, 2.24) is 15.0 Å². The summed E-state index contributed by atoms with van der Waals surface area (Å²) in [6, 6.07) is 7.95. The van der Waals surface area contributed by atoms with Gasteiger partial charge in [-0.25, -0.2) is 0 Å². The third kappa shape index (κ3) is 3.79. The molecule has 0 amide bonds. The smallest absolute Gasteiger partial charge is 0.241 e. The Morgan fingerprint density at radius 1 is 1.45 bits per heavy atom. The molecule has 2 N–H and O–H groups in total. The van der Waals surface area contributed by atoms with Crippen molar-refractivity contribution in [1.29, 1.82) is 0 Å². The van der Waals surface area contributed by atoms with E-state index >= 15 is 0 Å². The van der Waals surface area contributed by atoms with Crippen LogP contribution >= 0.6 is 24.0 Å². The molecule has 2 unspecified atom stereocenters. The molecular weight excluding hydrogens is 323 g/mol. The van der Waals surface area contributed by atoms with Crippen LogP contribution in [0.5, 0.6) is 0 Å². The highest BCUT2D eigenvalue weighted by Gasteiger charge is 2.29. The van der Waals surface area contributed by atoms with E-state index in [9.17, 15) is 0 Å². The Bertz CT molecular complexity index is 619. The molecule has 2 heterocycles. The zero-order valence-corrected chi connectivity index (χ0v) is 14.0. The van der Waals surface area contributed by atoms with Crippen LogP contribution in [-0.2, 0) is 6.54 Å². The summed E-state index contributed by atoms with van der Waals surface area (Å²) >= 11 is 5.98. The van der Waals surface area contributed by atoms with E-state index in [1.165, 1.54) is 0 Å². The van der Waals surface area contributed by atoms with Gasteiger partial charge >= 0.3 is 0 Å². The number of rotatable bonds is 4. The second-order valence-corrected chi connectivity index (χ2v) is 6.07. The number of likely N-dealkylation sites (tertiary alicyclic amines) is 1. The van der Waals surface area contributed by atoms with Gasteiger partial charge in [0, 0.05) is 23.2 Å². The fourth-order valence-corrected chi connectivity index (χ4v) is 3.04. The first kappa shape index (κ1) is 17.2. The second kappa shape index (κ2) is 7.42. The van der Waals surface area contributed by atoms with Gasteiger partial charge in [-0.2, -0.15) is 4.98 Å². The summed E-state index contributed by atoms with van der Waals surface area (Å²) in [5, 5.41) is 4.70. The predicted molar refractivity (Wildman–Crippen MR) is 89.0 cm³/mol. The van der Waals surface area contributed by atoms with E-state index in [2.05, 4.69) is 22.0 Å². The Morgan fingerprint density at radius 2 is 2.27 bits per heavy atom. The summed E-state index contributed by atoms with van der Waals surface area (Å²) in [4.78, 5) is 6.80. The maximum Gasteiger partial charge on any atom is 0.241 e. The Kier molecular flexibility index (Phi) is 5.81. The minimum atomic E-state index is 0. The van der Waals surface area contributed by atoms with E-state index in [1.807, 2.05) is 24.3 Å². The molecule has 7 heteroatoms. The number of nitrogens with zero attached hydrogens (tertiary/aromatic N) is 3. The van der Waals surface area contributed by atoms with Crippen molar-refractivity contribution in [2.24, 2.45) is 11.7 Å². The molecule has 0 aliphatic carbocycles. The number of benzene rings is 1. The molecule has 1 saturated heterocycles. The quantitative estimate of drug-likeness (QED) is 0.924. The maximum absolute atomic E-state index is 5.98. The van der Waals surface area contributed by atoms with Crippen molar-refractivity contribution >= 4 is 24.0 Å². The number of hydrogen-bond acceptors (Lipinski definition) is 5. The average Bonchev–Trinajstić information content (AvgIpc) is 3.07. The Hall–Kier alpha value is -1.14. The van der Waals surface area contributed by atoms with Gasteiger partial charge in [0.05, 0.1) is 6.54 Å². The molecule has 3 rings (SSSR count). The van der Waals surface area contributed by atoms with E-state index in [4.69, 9.17) is 21.9 Å². The lowest BCUT2D eigenvalue weighted by atomic mass is 10.1. The average molecular weight is 343 g/mol. The normalized spacial score (nSPS) is 21.8. The minimum absolute atomic E-state index is 0. The largest absolute Gasteiger partial charge is 0.338 e. The van der Waals surface area contributed by atoms with Crippen LogP contribution in [0.3, 0.4) is 0 Å². The molecule has 1 aliphatic heterocycles. The first-order valence-electron chi connectivity index (χ1n) is 7.18. The lowest BCUT2D eigenvalue weighted by molar-refractivity contribution is 0.218. The van der Waals surface area contributed by atoms with Crippen LogP contribution < -0.4 is 5.73 Å². The van der Waals surface area contributed by atoms with E-state index in [0.717, 1.165) is 25.1 Å². The van der Waals surface area contributed by atoms with Gasteiger partial charge < -0.3 is 10.3 Å². The van der Waals surface area contributed by atoms with Crippen LogP contribution in [0.1, 0.15) is 19.2 Å². The van der Waals surface area contributed by atoms with E-state index in [1.54, 1.807) is 0 Å². The SMILES string of the molecule is CC1CC(CN)CN1Cc1nc(-c2cccc(Cl)c2)no1.Cl. The molecule has 0 saturated carbocycles. The fourth-order valence-electron chi connectivity index (χ4n) is 2.85. The van der Waals surface area contributed by atoms with Gasteiger partial charge in [-0.15, -0.1) is 12.4 Å². The molecule has 2 aromatic rings. The lowest BCUT2D eigenvalue weighted by Crippen LogP contribution is -2.27. The molecule has 120 valence electrons. The monoisotopic (exact) mass is 342 g/mol. The molecule has 0 radical (unpaired) electrons. The molecule has 5 nitrogen and oxygen atoms in total. The summed E-state index contributed by atoms with van der Waals surface area (Å²) in [5.74, 6) is 1.78. The summed E-state index contributed by atoms with van der Waals surface area (Å²) in [6.45, 7) is 4.61. The molecule has 1 aromatic heterocycles. The molecule has 1 fully saturated rings. The molecule has 2 atom stereocenters. The minimum Gasteiger partial charge on any atom is -0.338 e. The number of hydrogen-bond donors (Lipinski definition) is 1. The zero-order valence-electron chi connectivity index (χ0n) is 12.4. The molecule has 22 heavy (non-hydrogen) atoms. The topological polar surface area (TPSA) is 68.2 Å². The van der Waals surface area contributed by atoms with E-state index < -0.39 is 0 Å². The van der Waals surface area contributed by atoms with Crippen LogP contribution in [0.15, 0.2) is 28.8 Å². The van der Waals surface area contributed by atoms with Crippen LogP contribution in [0.4, 0.5) is 0 Å². The standard InChI is InChI=1S/C15H19ClN4O.ClH/c1-10-5-11(7-17)8-20(10)9-14-18-15(19-21-14)12-3-2-4-13(16)6-12;/h2-4,6,10-11H,5,7-9,17H2,1H3;1H. The number of nitrogens with two attached hydrogens (primary N) is 1. The first-order chi connectivity index (χ1) is 10.2. The van der Waals surface area contributed by atoms with E-state index in [-0.39, 0.29) is 12.4 Å². The summed E-state index contributed by atoms with van der Waals surface area (Å²) < 4.78 is 5.36. The summed E-state index contributed by atoms with van der Waals surface area (Å²) in [7, 11) is 0. The van der Waals surface area contributed by atoms with Crippen molar-refractivity contribution < 1.29 is 4.52 Å². The van der Waals surface area contributed by atoms with Gasteiger partial charge in [0.2, 0.25) is 11.7 Å². The molecule has 0 bridgehead atoms. The first-order valence-corrected chi connectivity index (χ1v) is 7.56. The highest BCUT2D eigenvalue weighted by Crippen LogP contribution is 2.25. The second-order valence-electron chi connectivity index (χ2n) is 5.64. The van der Waals surface area contributed by atoms with Gasteiger partial charge in [-0.05, 0) is 37.9 Å². The van der Waals surface area contributed by atoms with Gasteiger partial charge in [0.1, 0.15) is 0 Å². The van der Waals surface area contributed by atoms with Crippen molar-refractivity contribution in [2.75, 3.05) is 13.1 Å². The van der Waals surface area contributed by atoms with Crippen LogP contribution in [0.2, 0.25) is 5.02 Å². The Morgan fingerprint density at radius 3 is 2.95 bits per heavy atom. The number of aromatic nitrogens is 2. The molecule has 1 aliphatic rings. The molecule has 1 aromatic carbocycles. The van der Waals surface area contributed by atoms with Gasteiger partial charge in [-0.3, -0.25) is 4.90 Å². The fraction of sp³-hybridized carbons (Fsp3) is 0.467. The van der Waals surface area contributed by atoms with E-state index in [0.29, 0.717) is 35.2 Å². The highest BCUT2D eigenvalue weighted by molar-refractivity contribution is 6.30. The lowest BCUT2D eigenvalue weighted by Gasteiger charge is -2.18. The summed E-state index contributed by atoms with van der Waals surface area (Å²) in [6.07, 6.45) is 1.13. The summed E-state index contributed by atoms with van der Waals surface area (Å²) in [5.41, 5.74) is 6.62. The van der Waals surface area contributed by atoms with Crippen molar-refractivity contribution in [3.05, 3.63) is 35.2 Å². The van der Waals surface area contributed by atoms with Crippen LogP contribution in [0, 0.1) is 5.92 Å². The Balaban J connectivity index is 0.00000176. The molecule has 0 spiro atoms. The van der Waals surface area contributed by atoms with Crippen molar-refractivity contribution in [2.45, 2.75) is 25.9 Å². The Labute approximate surface area is 141 Å².